The maximum absolute atomic E-state index is 13.3. The lowest BCUT2D eigenvalue weighted by Crippen LogP contribution is -2.20. The summed E-state index contributed by atoms with van der Waals surface area (Å²) in [5.41, 5.74) is 6.36. The molecule has 1 aliphatic heterocycles. The van der Waals surface area contributed by atoms with E-state index in [0.29, 0.717) is 29.5 Å². The smallest absolute Gasteiger partial charge is 0.138 e. The van der Waals surface area contributed by atoms with Crippen LogP contribution < -0.4 is 0 Å². The SMILES string of the molecule is CN1CCCC(CC(=O)C2CCCC(Cc3ccc(C4CCC4)c(-c4nc5ccccc5[nH]4)c3)CC2)CC1. The summed E-state index contributed by atoms with van der Waals surface area (Å²) in [6.07, 6.45) is 15.4. The van der Waals surface area contributed by atoms with Gasteiger partial charge in [-0.25, -0.2) is 4.98 Å². The van der Waals surface area contributed by atoms with Crippen LogP contribution in [0, 0.1) is 17.8 Å². The summed E-state index contributed by atoms with van der Waals surface area (Å²) in [5.74, 6) is 3.84. The van der Waals surface area contributed by atoms with Crippen LogP contribution in [0.5, 0.6) is 0 Å². The number of H-pyrrole nitrogens is 1. The zero-order valence-corrected chi connectivity index (χ0v) is 23.3. The fourth-order valence-corrected chi connectivity index (χ4v) is 7.29. The van der Waals surface area contributed by atoms with Crippen molar-refractivity contribution in [3.8, 4) is 11.4 Å². The first kappa shape index (κ1) is 25.8. The Balaban J connectivity index is 1.12. The van der Waals surface area contributed by atoms with Crippen molar-refractivity contribution in [3.05, 3.63) is 53.6 Å². The summed E-state index contributed by atoms with van der Waals surface area (Å²) in [5, 5.41) is 0. The van der Waals surface area contributed by atoms with Gasteiger partial charge in [0.1, 0.15) is 11.6 Å². The van der Waals surface area contributed by atoms with E-state index in [1.54, 1.807) is 0 Å². The normalized spacial score (nSPS) is 25.6. The number of nitrogens with zero attached hydrogens (tertiary/aromatic N) is 2. The second kappa shape index (κ2) is 11.7. The van der Waals surface area contributed by atoms with Crippen LogP contribution in [0.3, 0.4) is 0 Å². The third-order valence-electron chi connectivity index (χ3n) is 9.94. The van der Waals surface area contributed by atoms with Gasteiger partial charge in [0.05, 0.1) is 11.0 Å². The molecule has 4 heteroatoms. The molecule has 1 N–H and O–H groups in total. The molecule has 1 saturated heterocycles. The number of benzene rings is 2. The molecule has 202 valence electrons. The number of aromatic amines is 1. The number of ketones is 1. The minimum atomic E-state index is 0.299. The van der Waals surface area contributed by atoms with E-state index in [1.807, 2.05) is 0 Å². The summed E-state index contributed by atoms with van der Waals surface area (Å²) in [4.78, 5) is 24.3. The second-order valence-corrected chi connectivity index (χ2v) is 12.7. The molecule has 3 aromatic rings. The van der Waals surface area contributed by atoms with Crippen LogP contribution in [0.1, 0.15) is 94.1 Å². The van der Waals surface area contributed by atoms with Crippen LogP contribution in [0.4, 0.5) is 0 Å². The first-order valence-corrected chi connectivity index (χ1v) is 15.4. The molecule has 6 rings (SSSR count). The van der Waals surface area contributed by atoms with Gasteiger partial charge in [-0.3, -0.25) is 4.79 Å². The lowest BCUT2D eigenvalue weighted by atomic mass is 9.77. The van der Waals surface area contributed by atoms with E-state index in [0.717, 1.165) is 49.1 Å². The lowest BCUT2D eigenvalue weighted by molar-refractivity contribution is -0.124. The van der Waals surface area contributed by atoms with E-state index in [1.165, 1.54) is 81.0 Å². The number of rotatable bonds is 7. The van der Waals surface area contributed by atoms with Crippen molar-refractivity contribution in [2.45, 2.75) is 89.4 Å². The summed E-state index contributed by atoms with van der Waals surface area (Å²) in [6, 6.07) is 15.6. The molecular formula is C34H45N3O. The van der Waals surface area contributed by atoms with E-state index in [2.05, 4.69) is 59.4 Å². The summed E-state index contributed by atoms with van der Waals surface area (Å²) in [6.45, 7) is 2.34. The first-order valence-electron chi connectivity index (χ1n) is 15.4. The number of imidazole rings is 1. The molecule has 2 aromatic carbocycles. The third kappa shape index (κ3) is 5.91. The molecular weight excluding hydrogens is 466 g/mol. The topological polar surface area (TPSA) is 49.0 Å². The number of nitrogens with one attached hydrogen (secondary N) is 1. The van der Waals surface area contributed by atoms with Gasteiger partial charge in [-0.2, -0.15) is 0 Å². The fraction of sp³-hybridized carbons (Fsp3) is 0.588. The van der Waals surface area contributed by atoms with Gasteiger partial charge in [0.2, 0.25) is 0 Å². The van der Waals surface area contributed by atoms with Gasteiger partial charge in [-0.05, 0) is 125 Å². The lowest BCUT2D eigenvalue weighted by Gasteiger charge is -2.28. The minimum absolute atomic E-state index is 0.299. The van der Waals surface area contributed by atoms with Crippen molar-refractivity contribution < 1.29 is 4.79 Å². The second-order valence-electron chi connectivity index (χ2n) is 12.7. The molecule has 0 bridgehead atoms. The molecule has 3 unspecified atom stereocenters. The molecule has 2 aliphatic carbocycles. The van der Waals surface area contributed by atoms with Crippen LogP contribution in [0.15, 0.2) is 42.5 Å². The molecule has 3 aliphatic rings. The van der Waals surface area contributed by atoms with Crippen LogP contribution in [-0.2, 0) is 11.2 Å². The highest BCUT2D eigenvalue weighted by Crippen LogP contribution is 2.42. The quantitative estimate of drug-likeness (QED) is 0.328. The highest BCUT2D eigenvalue weighted by molar-refractivity contribution is 5.81. The molecule has 0 spiro atoms. The van der Waals surface area contributed by atoms with Crippen molar-refractivity contribution in [2.24, 2.45) is 17.8 Å². The largest absolute Gasteiger partial charge is 0.338 e. The summed E-state index contributed by atoms with van der Waals surface area (Å²) >= 11 is 0. The number of fused-ring (bicyclic) bond motifs is 1. The molecule has 3 atom stereocenters. The standard InChI is InChI=1S/C34H45N3O/c1-37-19-6-8-25(18-20-37)23-33(38)28-11-4-7-24(14-16-28)21-26-15-17-29(27-9-5-10-27)30(22-26)34-35-31-12-2-3-13-32(31)36-34/h2-3,12-13,15,17,22,24-25,27-28H,4-11,14,16,18-21,23H2,1H3,(H,35,36). The Bertz CT molecular complexity index is 1210. The highest BCUT2D eigenvalue weighted by Gasteiger charge is 2.28. The summed E-state index contributed by atoms with van der Waals surface area (Å²) < 4.78 is 0. The molecule has 2 saturated carbocycles. The third-order valence-corrected chi connectivity index (χ3v) is 9.94. The zero-order chi connectivity index (χ0) is 25.9. The minimum Gasteiger partial charge on any atom is -0.338 e. The van der Waals surface area contributed by atoms with E-state index in [9.17, 15) is 4.79 Å². The molecule has 0 radical (unpaired) electrons. The number of para-hydroxylation sites is 2. The van der Waals surface area contributed by atoms with Crippen LogP contribution in [0.25, 0.3) is 22.4 Å². The zero-order valence-electron chi connectivity index (χ0n) is 23.3. The summed E-state index contributed by atoms with van der Waals surface area (Å²) in [7, 11) is 2.22. The Labute approximate surface area is 228 Å². The van der Waals surface area contributed by atoms with Gasteiger partial charge in [0.25, 0.3) is 0 Å². The number of carbonyl (C=O) groups excluding carboxylic acids is 1. The van der Waals surface area contributed by atoms with Crippen molar-refractivity contribution in [3.63, 3.8) is 0 Å². The maximum atomic E-state index is 13.3. The maximum Gasteiger partial charge on any atom is 0.138 e. The number of hydrogen-bond acceptors (Lipinski definition) is 3. The van der Waals surface area contributed by atoms with E-state index >= 15 is 0 Å². The Hall–Kier alpha value is -2.46. The molecule has 4 nitrogen and oxygen atoms in total. The first-order chi connectivity index (χ1) is 18.6. The average molecular weight is 512 g/mol. The Kier molecular flexibility index (Phi) is 7.97. The van der Waals surface area contributed by atoms with Crippen molar-refractivity contribution in [2.75, 3.05) is 20.1 Å². The predicted octanol–water partition coefficient (Wildman–Crippen LogP) is 7.93. The average Bonchev–Trinajstić information content (AvgIpc) is 3.03. The number of aromatic nitrogens is 2. The van der Waals surface area contributed by atoms with E-state index in [-0.39, 0.29) is 0 Å². The van der Waals surface area contributed by atoms with Gasteiger partial charge in [-0.15, -0.1) is 0 Å². The Morgan fingerprint density at radius 3 is 2.58 bits per heavy atom. The Morgan fingerprint density at radius 2 is 1.74 bits per heavy atom. The van der Waals surface area contributed by atoms with Crippen molar-refractivity contribution in [1.29, 1.82) is 0 Å². The van der Waals surface area contributed by atoms with Crippen LogP contribution in [-0.4, -0.2) is 40.8 Å². The predicted molar refractivity (Wildman–Crippen MR) is 156 cm³/mol. The van der Waals surface area contributed by atoms with Gasteiger partial charge in [0, 0.05) is 17.9 Å². The monoisotopic (exact) mass is 511 g/mol. The van der Waals surface area contributed by atoms with Gasteiger partial charge >= 0.3 is 0 Å². The number of Topliss-reactive ketones (excluding diaryl/α,β-unsaturated/α-hetero) is 1. The molecule has 2 heterocycles. The van der Waals surface area contributed by atoms with Crippen LogP contribution in [0.2, 0.25) is 0 Å². The van der Waals surface area contributed by atoms with E-state index in [4.69, 9.17) is 4.98 Å². The number of carbonyl (C=O) groups is 1. The van der Waals surface area contributed by atoms with Crippen molar-refractivity contribution >= 4 is 16.8 Å². The van der Waals surface area contributed by atoms with Crippen LogP contribution >= 0.6 is 0 Å². The van der Waals surface area contributed by atoms with Gasteiger partial charge < -0.3 is 9.88 Å². The van der Waals surface area contributed by atoms with E-state index < -0.39 is 0 Å². The molecule has 3 fully saturated rings. The van der Waals surface area contributed by atoms with Gasteiger partial charge in [-0.1, -0.05) is 43.5 Å². The molecule has 0 amide bonds. The Morgan fingerprint density at radius 1 is 0.895 bits per heavy atom. The number of likely N-dealkylation sites (tertiary alicyclic amines) is 1. The molecule has 38 heavy (non-hydrogen) atoms. The highest BCUT2D eigenvalue weighted by atomic mass is 16.1. The molecule has 1 aromatic heterocycles. The fourth-order valence-electron chi connectivity index (χ4n) is 7.29. The van der Waals surface area contributed by atoms with Crippen molar-refractivity contribution in [1.82, 2.24) is 14.9 Å². The van der Waals surface area contributed by atoms with Gasteiger partial charge in [0.15, 0.2) is 0 Å². The number of hydrogen-bond donors (Lipinski definition) is 1.